The number of anilines is 1. The van der Waals surface area contributed by atoms with Crippen molar-refractivity contribution in [2.45, 2.75) is 13.0 Å². The Labute approximate surface area is 182 Å². The fourth-order valence-electron chi connectivity index (χ4n) is 4.87. The van der Waals surface area contributed by atoms with Crippen LogP contribution < -0.4 is 4.90 Å². The Bertz CT molecular complexity index is 1680. The Kier molecular flexibility index (Phi) is 3.50. The van der Waals surface area contributed by atoms with Gasteiger partial charge in [0.1, 0.15) is 5.82 Å². The summed E-state index contributed by atoms with van der Waals surface area (Å²) >= 11 is 0. The van der Waals surface area contributed by atoms with E-state index in [2.05, 4.69) is 33.1 Å². The van der Waals surface area contributed by atoms with Crippen molar-refractivity contribution >= 4 is 55.6 Å². The number of hydrogen-bond donors (Lipinski definition) is 2. The van der Waals surface area contributed by atoms with Crippen LogP contribution in [0.1, 0.15) is 22.3 Å². The molecule has 0 unspecified atom stereocenters. The van der Waals surface area contributed by atoms with E-state index >= 15 is 0 Å². The topological polar surface area (TPSA) is 77.7 Å². The van der Waals surface area contributed by atoms with Gasteiger partial charge in [-0.2, -0.15) is 0 Å². The maximum Gasteiger partial charge on any atom is 0.169 e. The smallest absolute Gasteiger partial charge is 0.169 e. The normalized spacial score (nSPS) is 14.1. The van der Waals surface area contributed by atoms with Gasteiger partial charge < -0.3 is 14.9 Å². The first-order chi connectivity index (χ1) is 15.7. The monoisotopic (exact) mass is 417 g/mol. The molecular weight excluding hydrogens is 398 g/mol. The van der Waals surface area contributed by atoms with Crippen LogP contribution in [-0.2, 0) is 6.54 Å². The molecule has 6 nitrogen and oxygen atoms in total. The third-order valence-corrected chi connectivity index (χ3v) is 6.41. The van der Waals surface area contributed by atoms with E-state index < -0.39 is 0 Å². The van der Waals surface area contributed by atoms with Gasteiger partial charge in [0, 0.05) is 35.8 Å². The van der Waals surface area contributed by atoms with Gasteiger partial charge in [0.15, 0.2) is 11.4 Å². The number of Topliss-reactive ketones (excluding diaryl/α,β-unsaturated/α-hetero) is 1. The van der Waals surface area contributed by atoms with Gasteiger partial charge in [-0.1, -0.05) is 48.5 Å². The second-order valence-electron chi connectivity index (χ2n) is 8.41. The predicted molar refractivity (Wildman–Crippen MR) is 127 cm³/mol. The van der Waals surface area contributed by atoms with E-state index in [1.165, 1.54) is 5.56 Å². The van der Waals surface area contributed by atoms with Crippen LogP contribution in [0.5, 0.6) is 0 Å². The molecule has 0 aliphatic carbocycles. The summed E-state index contributed by atoms with van der Waals surface area (Å²) < 4.78 is 0. The summed E-state index contributed by atoms with van der Waals surface area (Å²) in [5, 5.41) is 1.99. The van der Waals surface area contributed by atoms with Crippen LogP contribution in [0.3, 0.4) is 0 Å². The minimum Gasteiger partial charge on any atom is -0.351 e. The number of aromatic nitrogens is 4. The van der Waals surface area contributed by atoms with Gasteiger partial charge in [-0.15, -0.1) is 0 Å². The first-order valence-electron chi connectivity index (χ1n) is 10.8. The number of H-pyrrole nitrogens is 2. The van der Waals surface area contributed by atoms with E-state index in [0.29, 0.717) is 13.0 Å². The summed E-state index contributed by atoms with van der Waals surface area (Å²) in [6.07, 6.45) is 0.499. The molecule has 0 atom stereocenters. The zero-order valence-electron chi connectivity index (χ0n) is 17.2. The lowest BCUT2D eigenvalue weighted by Gasteiger charge is -2.27. The third kappa shape index (κ3) is 2.49. The van der Waals surface area contributed by atoms with Crippen molar-refractivity contribution in [3.05, 3.63) is 77.9 Å². The van der Waals surface area contributed by atoms with E-state index in [0.717, 1.165) is 61.9 Å². The molecule has 6 heteroatoms. The molecule has 2 N–H and O–H groups in total. The van der Waals surface area contributed by atoms with Gasteiger partial charge in [-0.25, -0.2) is 9.97 Å². The Balaban J connectivity index is 1.43. The van der Waals surface area contributed by atoms with Gasteiger partial charge in [0.05, 0.1) is 27.6 Å². The van der Waals surface area contributed by atoms with Crippen LogP contribution in [0, 0.1) is 0 Å². The van der Waals surface area contributed by atoms with Gasteiger partial charge >= 0.3 is 0 Å². The molecule has 0 radical (unpaired) electrons. The van der Waals surface area contributed by atoms with E-state index in [-0.39, 0.29) is 5.78 Å². The number of aromatic amines is 2. The molecule has 0 saturated carbocycles. The predicted octanol–water partition coefficient (Wildman–Crippen LogP) is 5.34. The number of nitrogens with zero attached hydrogens (tertiary/aromatic N) is 3. The maximum atomic E-state index is 12.9. The van der Waals surface area contributed by atoms with Crippen LogP contribution in [0.15, 0.2) is 66.7 Å². The van der Waals surface area contributed by atoms with Crippen LogP contribution in [0.4, 0.5) is 5.82 Å². The highest BCUT2D eigenvalue weighted by Crippen LogP contribution is 2.36. The molecule has 1 aliphatic rings. The average molecular weight is 417 g/mol. The molecule has 1 aliphatic heterocycles. The molecular formula is C26H19N5O. The zero-order chi connectivity index (χ0) is 21.2. The first-order valence-corrected chi connectivity index (χ1v) is 10.8. The second-order valence-corrected chi connectivity index (χ2v) is 8.41. The maximum absolute atomic E-state index is 12.9. The Hall–Kier alpha value is -4.19. The lowest BCUT2D eigenvalue weighted by Crippen LogP contribution is -2.31. The molecule has 32 heavy (non-hydrogen) atoms. The molecule has 0 spiro atoms. The van der Waals surface area contributed by atoms with Crippen LogP contribution in [0.25, 0.3) is 44.0 Å². The number of para-hydroxylation sites is 1. The standard InChI is InChI=1S/C26H19N5O/c32-22-10-11-31(14-15-6-2-1-3-7-15)26-23(22)17-12-20-21(13-19(17)30-26)27-24-16-8-4-5-9-18(16)28-25(24)29-20/h1-9,12-13,27-28H,10-11,14H2. The van der Waals surface area contributed by atoms with E-state index in [1.54, 1.807) is 0 Å². The first kappa shape index (κ1) is 17.5. The summed E-state index contributed by atoms with van der Waals surface area (Å²) in [5.41, 5.74) is 7.32. The van der Waals surface area contributed by atoms with Crippen molar-refractivity contribution in [2.75, 3.05) is 11.4 Å². The minimum absolute atomic E-state index is 0.154. The lowest BCUT2D eigenvalue weighted by molar-refractivity contribution is 0.0981. The number of carbonyl (C=O) groups is 1. The molecule has 6 aromatic rings. The second kappa shape index (κ2) is 6.40. The minimum atomic E-state index is 0.154. The number of carbonyl (C=O) groups excluding carboxylic acids is 1. The van der Waals surface area contributed by atoms with E-state index in [9.17, 15) is 4.79 Å². The Morgan fingerprint density at radius 3 is 2.59 bits per heavy atom. The van der Waals surface area contributed by atoms with Gasteiger partial charge in [0.2, 0.25) is 0 Å². The highest BCUT2D eigenvalue weighted by Gasteiger charge is 2.29. The molecule has 3 aromatic heterocycles. The third-order valence-electron chi connectivity index (χ3n) is 6.41. The number of ketones is 1. The lowest BCUT2D eigenvalue weighted by atomic mass is 10.0. The molecule has 0 fully saturated rings. The molecule has 0 bridgehead atoms. The number of rotatable bonds is 2. The van der Waals surface area contributed by atoms with Crippen molar-refractivity contribution < 1.29 is 4.79 Å². The fraction of sp³-hybridized carbons (Fsp3) is 0.115. The quantitative estimate of drug-likeness (QED) is 0.399. The number of hydrogen-bond acceptors (Lipinski definition) is 4. The number of nitrogens with one attached hydrogen (secondary N) is 2. The van der Waals surface area contributed by atoms with Crippen molar-refractivity contribution in [3.63, 3.8) is 0 Å². The van der Waals surface area contributed by atoms with Crippen LogP contribution in [-0.4, -0.2) is 32.3 Å². The van der Waals surface area contributed by atoms with Gasteiger partial charge in [-0.3, -0.25) is 4.79 Å². The summed E-state index contributed by atoms with van der Waals surface area (Å²) in [5.74, 6) is 0.938. The summed E-state index contributed by atoms with van der Waals surface area (Å²) in [6, 6.07) is 22.5. The van der Waals surface area contributed by atoms with Crippen LogP contribution >= 0.6 is 0 Å². The molecule has 0 amide bonds. The molecule has 4 heterocycles. The van der Waals surface area contributed by atoms with Crippen molar-refractivity contribution in [1.29, 1.82) is 0 Å². The van der Waals surface area contributed by atoms with Gasteiger partial charge in [-0.05, 0) is 23.8 Å². The Morgan fingerprint density at radius 1 is 0.844 bits per heavy atom. The molecule has 3 aromatic carbocycles. The molecule has 7 rings (SSSR count). The summed E-state index contributed by atoms with van der Waals surface area (Å²) in [7, 11) is 0. The SMILES string of the molecule is O=C1CCN(Cc2ccccc2)c2nc3cc4[nH]c5c(nc4cc3c21)[nH]c1ccccc15. The number of fused-ring (bicyclic) bond motifs is 7. The van der Waals surface area contributed by atoms with Crippen molar-refractivity contribution in [1.82, 2.24) is 19.9 Å². The fourth-order valence-corrected chi connectivity index (χ4v) is 4.87. The molecule has 154 valence electrons. The van der Waals surface area contributed by atoms with E-state index in [4.69, 9.17) is 9.97 Å². The summed E-state index contributed by atoms with van der Waals surface area (Å²) in [6.45, 7) is 1.42. The molecule has 0 saturated heterocycles. The highest BCUT2D eigenvalue weighted by atomic mass is 16.1. The number of benzene rings is 3. The Morgan fingerprint density at radius 2 is 1.69 bits per heavy atom. The summed E-state index contributed by atoms with van der Waals surface area (Å²) in [4.78, 5) is 31.8. The van der Waals surface area contributed by atoms with Gasteiger partial charge in [0.25, 0.3) is 0 Å². The largest absolute Gasteiger partial charge is 0.351 e. The highest BCUT2D eigenvalue weighted by molar-refractivity contribution is 6.16. The van der Waals surface area contributed by atoms with Crippen molar-refractivity contribution in [2.24, 2.45) is 0 Å². The van der Waals surface area contributed by atoms with Crippen LogP contribution in [0.2, 0.25) is 0 Å². The van der Waals surface area contributed by atoms with E-state index in [1.807, 2.05) is 48.5 Å². The zero-order valence-corrected chi connectivity index (χ0v) is 17.2. The average Bonchev–Trinajstić information content (AvgIpc) is 3.37. The van der Waals surface area contributed by atoms with Crippen molar-refractivity contribution in [3.8, 4) is 0 Å².